The van der Waals surface area contributed by atoms with E-state index >= 15 is 0 Å². The van der Waals surface area contributed by atoms with Crippen LogP contribution in [0.4, 0.5) is 0 Å². The number of benzene rings is 2. The van der Waals surface area contributed by atoms with E-state index < -0.39 is 58.0 Å². The zero-order chi connectivity index (χ0) is 30.8. The van der Waals surface area contributed by atoms with Crippen molar-refractivity contribution in [2.75, 3.05) is 40.4 Å². The van der Waals surface area contributed by atoms with E-state index in [4.69, 9.17) is 10.5 Å². The monoisotopic (exact) mass is 589 g/mol. The maximum absolute atomic E-state index is 14.0. The summed E-state index contributed by atoms with van der Waals surface area (Å²) in [6, 6.07) is 10.2. The van der Waals surface area contributed by atoms with Gasteiger partial charge in [-0.1, -0.05) is 30.3 Å². The molecule has 6 rings (SSSR count). The second-order valence-electron chi connectivity index (χ2n) is 12.0. The summed E-state index contributed by atoms with van der Waals surface area (Å²) >= 11 is 0. The molecule has 0 aromatic heterocycles. The zero-order valence-corrected chi connectivity index (χ0v) is 24.0. The number of allylic oxidation sites excluding steroid dienone is 1. The van der Waals surface area contributed by atoms with Gasteiger partial charge in [-0.2, -0.15) is 0 Å². The molecule has 4 atom stereocenters. The van der Waals surface area contributed by atoms with Crippen molar-refractivity contribution in [1.82, 2.24) is 9.80 Å². The zero-order valence-electron chi connectivity index (χ0n) is 24.0. The highest BCUT2D eigenvalue weighted by Crippen LogP contribution is 2.53. The molecule has 3 aliphatic carbocycles. The number of phenolic OH excluding ortho intramolecular Hbond substituents is 1. The number of likely N-dealkylation sites (N-methyl/N-ethyl adjacent to an activating group) is 1. The molecular weight excluding hydrogens is 554 g/mol. The van der Waals surface area contributed by atoms with Crippen molar-refractivity contribution < 1.29 is 39.5 Å². The largest absolute Gasteiger partial charge is 0.510 e. The van der Waals surface area contributed by atoms with E-state index in [9.17, 15) is 34.8 Å². The van der Waals surface area contributed by atoms with E-state index in [2.05, 4.69) is 4.90 Å². The maximum atomic E-state index is 14.0. The van der Waals surface area contributed by atoms with Crippen LogP contribution in [0.3, 0.4) is 0 Å². The lowest BCUT2D eigenvalue weighted by molar-refractivity contribution is -0.148. The molecule has 11 nitrogen and oxygen atoms in total. The third kappa shape index (κ3) is 4.46. The molecule has 4 aliphatic rings. The van der Waals surface area contributed by atoms with Crippen LogP contribution in [-0.4, -0.2) is 99.7 Å². The van der Waals surface area contributed by atoms with Crippen LogP contribution in [0.25, 0.3) is 11.1 Å². The summed E-state index contributed by atoms with van der Waals surface area (Å²) in [5, 5.41) is 45.0. The van der Waals surface area contributed by atoms with Crippen LogP contribution in [0, 0.1) is 11.8 Å². The summed E-state index contributed by atoms with van der Waals surface area (Å²) < 4.78 is 5.43. The third-order valence-corrected chi connectivity index (χ3v) is 9.38. The number of ether oxygens (including phenoxy) is 1. The minimum absolute atomic E-state index is 0.00400. The number of hydrogen-bond acceptors (Lipinski definition) is 10. The Bertz CT molecular complexity index is 1590. The molecule has 1 heterocycles. The Morgan fingerprint density at radius 2 is 1.74 bits per heavy atom. The minimum atomic E-state index is -2.66. The van der Waals surface area contributed by atoms with Crippen LogP contribution in [0.2, 0.25) is 0 Å². The Labute approximate surface area is 248 Å². The number of phenols is 1. The van der Waals surface area contributed by atoms with E-state index in [1.165, 1.54) is 11.0 Å². The Morgan fingerprint density at radius 3 is 2.37 bits per heavy atom. The van der Waals surface area contributed by atoms with Gasteiger partial charge >= 0.3 is 0 Å². The number of morpholine rings is 1. The van der Waals surface area contributed by atoms with Gasteiger partial charge in [-0.15, -0.1) is 0 Å². The van der Waals surface area contributed by atoms with Gasteiger partial charge < -0.3 is 30.9 Å². The average molecular weight is 590 g/mol. The van der Waals surface area contributed by atoms with Crippen molar-refractivity contribution in [2.24, 2.45) is 17.6 Å². The van der Waals surface area contributed by atoms with E-state index in [1.807, 2.05) is 24.3 Å². The number of carbonyl (C=O) groups excluding carboxylic acids is 3. The lowest BCUT2D eigenvalue weighted by atomic mass is 9.58. The van der Waals surface area contributed by atoms with Crippen LogP contribution >= 0.6 is 0 Å². The molecule has 2 aromatic carbocycles. The van der Waals surface area contributed by atoms with Gasteiger partial charge in [0.15, 0.2) is 11.4 Å². The number of amides is 1. The lowest BCUT2D eigenvalue weighted by Gasteiger charge is -2.50. The normalized spacial score (nSPS) is 27.7. The van der Waals surface area contributed by atoms with Crippen molar-refractivity contribution in [2.45, 2.75) is 31.0 Å². The van der Waals surface area contributed by atoms with Gasteiger partial charge in [0.25, 0.3) is 5.91 Å². The Morgan fingerprint density at radius 1 is 1.07 bits per heavy atom. The first-order valence-corrected chi connectivity index (χ1v) is 14.3. The second-order valence-corrected chi connectivity index (χ2v) is 12.0. The molecule has 0 spiro atoms. The number of Topliss-reactive ketones (excluding diaryl/α,β-unsaturated/α-hetero) is 2. The van der Waals surface area contributed by atoms with Gasteiger partial charge in [0.1, 0.15) is 22.8 Å². The summed E-state index contributed by atoms with van der Waals surface area (Å²) in [5.74, 6) is -6.65. The smallest absolute Gasteiger partial charge is 0.255 e. The number of nitrogens with zero attached hydrogens (tertiary/aromatic N) is 2. The predicted molar refractivity (Wildman–Crippen MR) is 155 cm³/mol. The van der Waals surface area contributed by atoms with Crippen LogP contribution in [0.1, 0.15) is 27.9 Å². The number of hydrogen-bond donors (Lipinski definition) is 5. The standard InChI is InChI=1S/C32H35N3O8/c1-34(2)26-21-14-18-13-20-19(17-5-3-16(4-6-17)15-35-9-11-43-12-10-35)7-8-22(36)24(20)27(37)23(18)29(39)32(21,42)30(40)25(28(26)38)31(33)41/h3-8,18,21,26,36,38-39,42H,9-15H2,1-2H3,(H2,33,41)/t18-,21-,26-,32-/m0/s1. The molecule has 2 aromatic rings. The van der Waals surface area contributed by atoms with Gasteiger partial charge in [-0.25, -0.2) is 0 Å². The first-order valence-electron chi connectivity index (χ1n) is 14.3. The van der Waals surface area contributed by atoms with Crippen molar-refractivity contribution in [3.8, 4) is 16.9 Å². The summed E-state index contributed by atoms with van der Waals surface area (Å²) in [6.45, 7) is 3.95. The van der Waals surface area contributed by atoms with Crippen LogP contribution in [0.15, 0.2) is 59.1 Å². The summed E-state index contributed by atoms with van der Waals surface area (Å²) in [6.07, 6.45) is 0.271. The van der Waals surface area contributed by atoms with E-state index in [0.29, 0.717) is 18.8 Å². The number of aromatic hydroxyl groups is 1. The van der Waals surface area contributed by atoms with Crippen molar-refractivity contribution in [1.29, 1.82) is 0 Å². The van der Waals surface area contributed by atoms with Gasteiger partial charge in [-0.3, -0.25) is 24.2 Å². The fourth-order valence-corrected chi connectivity index (χ4v) is 7.33. The molecule has 0 unspecified atom stereocenters. The topological polar surface area (TPSA) is 174 Å². The fraction of sp³-hybridized carbons (Fsp3) is 0.406. The lowest BCUT2D eigenvalue weighted by Crippen LogP contribution is -2.63. The van der Waals surface area contributed by atoms with Gasteiger partial charge in [0, 0.05) is 31.1 Å². The quantitative estimate of drug-likeness (QED) is 0.323. The fourth-order valence-electron chi connectivity index (χ4n) is 7.33. The van der Waals surface area contributed by atoms with E-state index in [0.717, 1.165) is 36.3 Å². The molecule has 43 heavy (non-hydrogen) atoms. The highest BCUT2D eigenvalue weighted by atomic mass is 16.5. The van der Waals surface area contributed by atoms with E-state index in [-0.39, 0.29) is 29.7 Å². The van der Waals surface area contributed by atoms with E-state index in [1.54, 1.807) is 20.2 Å². The first-order chi connectivity index (χ1) is 20.4. The number of aliphatic hydroxyl groups is 3. The molecule has 1 fully saturated rings. The SMILES string of the molecule is CN(C)[C@@H]1C(O)=C(C(N)=O)C(=O)[C@@]2(O)C(O)=C3C(=O)c4c(O)ccc(-c5ccc(CN6CCOCC6)cc5)c4C[C@H]3C[C@@H]12. The number of fused-ring (bicyclic) bond motifs is 3. The van der Waals surface area contributed by atoms with Crippen molar-refractivity contribution in [3.63, 3.8) is 0 Å². The highest BCUT2D eigenvalue weighted by Gasteiger charge is 2.63. The molecule has 0 saturated carbocycles. The number of primary amides is 1. The molecule has 1 saturated heterocycles. The van der Waals surface area contributed by atoms with Crippen LogP contribution < -0.4 is 5.73 Å². The number of nitrogens with two attached hydrogens (primary N) is 1. The third-order valence-electron chi connectivity index (χ3n) is 9.38. The first kappa shape index (κ1) is 29.1. The van der Waals surface area contributed by atoms with Gasteiger partial charge in [0.2, 0.25) is 5.78 Å². The van der Waals surface area contributed by atoms with Gasteiger partial charge in [0.05, 0.1) is 24.8 Å². The molecule has 1 aliphatic heterocycles. The molecule has 6 N–H and O–H groups in total. The summed E-state index contributed by atoms with van der Waals surface area (Å²) in [4.78, 5) is 43.4. The van der Waals surface area contributed by atoms with Crippen LogP contribution in [0.5, 0.6) is 5.75 Å². The predicted octanol–water partition coefficient (Wildman–Crippen LogP) is 1.62. The molecule has 1 amide bonds. The number of carbonyl (C=O) groups is 3. The molecule has 11 heteroatoms. The average Bonchev–Trinajstić information content (AvgIpc) is 2.96. The molecule has 0 bridgehead atoms. The maximum Gasteiger partial charge on any atom is 0.255 e. The van der Waals surface area contributed by atoms with Crippen LogP contribution in [-0.2, 0) is 27.3 Å². The molecule has 226 valence electrons. The number of ketones is 2. The number of rotatable bonds is 5. The van der Waals surface area contributed by atoms with Crippen molar-refractivity contribution >= 4 is 17.5 Å². The van der Waals surface area contributed by atoms with Gasteiger partial charge in [-0.05, 0) is 61.2 Å². The highest BCUT2D eigenvalue weighted by molar-refractivity contribution is 6.24. The Hall–Kier alpha value is -4.03. The molecule has 0 radical (unpaired) electrons. The Balaban J connectivity index is 1.41. The summed E-state index contributed by atoms with van der Waals surface area (Å²) in [7, 11) is 3.21. The minimum Gasteiger partial charge on any atom is -0.510 e. The molecular formula is C32H35N3O8. The number of aliphatic hydroxyl groups excluding tert-OH is 2. The second kappa shape index (κ2) is 10.6. The Kier molecular flexibility index (Phi) is 7.16. The van der Waals surface area contributed by atoms with Crippen molar-refractivity contribution in [3.05, 3.63) is 75.8 Å². The summed E-state index contributed by atoms with van der Waals surface area (Å²) in [5.41, 5.74) is 5.07.